The Kier molecular flexibility index (Phi) is 7.53. The lowest BCUT2D eigenvalue weighted by Crippen LogP contribution is -1.93. The van der Waals surface area contributed by atoms with Crippen molar-refractivity contribution < 1.29 is 4.42 Å². The lowest BCUT2D eigenvalue weighted by atomic mass is 9.91. The van der Waals surface area contributed by atoms with E-state index in [2.05, 4.69) is 211 Å². The highest BCUT2D eigenvalue weighted by Gasteiger charge is 2.17. The fraction of sp³-hybridized carbons (Fsp3) is 0. The van der Waals surface area contributed by atoms with Crippen LogP contribution in [0.3, 0.4) is 0 Å². The first-order chi connectivity index (χ1) is 27.7. The monoisotopic (exact) mass is 713 g/mol. The average Bonchev–Trinajstić information content (AvgIpc) is 3.82. The zero-order chi connectivity index (χ0) is 37.0. The van der Waals surface area contributed by atoms with Gasteiger partial charge in [-0.2, -0.15) is 0 Å². The van der Waals surface area contributed by atoms with Crippen LogP contribution < -0.4 is 0 Å². The van der Waals surface area contributed by atoms with Gasteiger partial charge in [0.05, 0.1) is 11.0 Å². The highest BCUT2D eigenvalue weighted by Crippen LogP contribution is 2.42. The van der Waals surface area contributed by atoms with Crippen LogP contribution in [0.1, 0.15) is 0 Å². The molecule has 0 spiro atoms. The summed E-state index contributed by atoms with van der Waals surface area (Å²) in [6.07, 6.45) is 0. The van der Waals surface area contributed by atoms with E-state index in [1.54, 1.807) is 0 Å². The Morgan fingerprint density at radius 2 is 0.750 bits per heavy atom. The molecule has 0 bridgehead atoms. The van der Waals surface area contributed by atoms with Crippen molar-refractivity contribution in [3.63, 3.8) is 0 Å². The molecule has 2 nitrogen and oxygen atoms in total. The van der Waals surface area contributed by atoms with Gasteiger partial charge in [0.1, 0.15) is 11.2 Å². The van der Waals surface area contributed by atoms with Crippen LogP contribution in [0.2, 0.25) is 0 Å². The van der Waals surface area contributed by atoms with Crippen molar-refractivity contribution in [1.29, 1.82) is 0 Å². The smallest absolute Gasteiger partial charge is 0.143 e. The molecule has 0 fully saturated rings. The summed E-state index contributed by atoms with van der Waals surface area (Å²) >= 11 is 0. The van der Waals surface area contributed by atoms with E-state index < -0.39 is 0 Å². The lowest BCUT2D eigenvalue weighted by molar-refractivity contribution is 0.670. The summed E-state index contributed by atoms with van der Waals surface area (Å²) in [5.74, 6) is 0. The van der Waals surface area contributed by atoms with Crippen molar-refractivity contribution in [2.75, 3.05) is 0 Å². The number of nitrogens with zero attached hydrogens (tertiary/aromatic N) is 1. The van der Waals surface area contributed by atoms with Crippen LogP contribution in [-0.2, 0) is 0 Å². The maximum atomic E-state index is 6.59. The van der Waals surface area contributed by atoms with Crippen LogP contribution in [0.5, 0.6) is 0 Å². The van der Waals surface area contributed by atoms with Gasteiger partial charge in [-0.05, 0) is 111 Å². The summed E-state index contributed by atoms with van der Waals surface area (Å²) in [5, 5.41) is 4.71. The normalized spacial score (nSPS) is 11.6. The molecular weight excluding hydrogens is 679 g/mol. The third-order valence-electron chi connectivity index (χ3n) is 11.2. The summed E-state index contributed by atoms with van der Waals surface area (Å²) in [6.45, 7) is 0. The van der Waals surface area contributed by atoms with E-state index in [0.29, 0.717) is 0 Å². The van der Waals surface area contributed by atoms with Crippen LogP contribution in [0.25, 0.3) is 105 Å². The average molecular weight is 714 g/mol. The van der Waals surface area contributed by atoms with Gasteiger partial charge < -0.3 is 8.98 Å². The second kappa shape index (κ2) is 13.2. The van der Waals surface area contributed by atoms with Gasteiger partial charge in [0, 0.05) is 32.8 Å². The molecule has 11 aromatic rings. The van der Waals surface area contributed by atoms with E-state index in [9.17, 15) is 0 Å². The Morgan fingerprint density at radius 1 is 0.286 bits per heavy atom. The zero-order valence-electron chi connectivity index (χ0n) is 30.6. The van der Waals surface area contributed by atoms with Crippen molar-refractivity contribution >= 4 is 43.7 Å². The van der Waals surface area contributed by atoms with Crippen molar-refractivity contribution in [2.24, 2.45) is 0 Å². The number of fused-ring (bicyclic) bond motifs is 6. The van der Waals surface area contributed by atoms with Crippen molar-refractivity contribution in [1.82, 2.24) is 4.57 Å². The van der Waals surface area contributed by atoms with Gasteiger partial charge >= 0.3 is 0 Å². The first kappa shape index (κ1) is 32.0. The Morgan fingerprint density at radius 3 is 1.41 bits per heavy atom. The van der Waals surface area contributed by atoms with Crippen LogP contribution in [0, 0.1) is 0 Å². The highest BCUT2D eigenvalue weighted by atomic mass is 16.3. The molecule has 0 aliphatic heterocycles. The summed E-state index contributed by atoms with van der Waals surface area (Å²) in [5.41, 5.74) is 17.0. The van der Waals surface area contributed by atoms with Gasteiger partial charge in [-0.1, -0.05) is 152 Å². The number of rotatable bonds is 6. The number of aromatic nitrogens is 1. The maximum absolute atomic E-state index is 6.59. The van der Waals surface area contributed by atoms with E-state index in [1.165, 1.54) is 49.6 Å². The molecule has 0 atom stereocenters. The Labute approximate surface area is 325 Å². The summed E-state index contributed by atoms with van der Waals surface area (Å²) in [6, 6.07) is 76.5. The Hall–Kier alpha value is -7.42. The van der Waals surface area contributed by atoms with Crippen LogP contribution in [0.15, 0.2) is 217 Å². The van der Waals surface area contributed by atoms with Gasteiger partial charge in [0.2, 0.25) is 0 Å². The van der Waals surface area contributed by atoms with Gasteiger partial charge in [0.25, 0.3) is 0 Å². The van der Waals surface area contributed by atoms with Gasteiger partial charge in [-0.3, -0.25) is 0 Å². The fourth-order valence-electron chi connectivity index (χ4n) is 8.44. The minimum absolute atomic E-state index is 0.901. The van der Waals surface area contributed by atoms with E-state index in [1.807, 2.05) is 6.07 Å². The number of hydrogen-bond donors (Lipinski definition) is 0. The second-order valence-electron chi connectivity index (χ2n) is 14.5. The third kappa shape index (κ3) is 5.42. The zero-order valence-corrected chi connectivity index (χ0v) is 30.6. The van der Waals surface area contributed by atoms with Crippen LogP contribution >= 0.6 is 0 Å². The summed E-state index contributed by atoms with van der Waals surface area (Å²) in [7, 11) is 0. The van der Waals surface area contributed by atoms with Crippen LogP contribution in [0.4, 0.5) is 0 Å². The predicted molar refractivity (Wildman–Crippen MR) is 235 cm³/mol. The minimum Gasteiger partial charge on any atom is -0.455 e. The van der Waals surface area contributed by atoms with Crippen molar-refractivity contribution in [3.05, 3.63) is 212 Å². The van der Waals surface area contributed by atoms with Gasteiger partial charge in [-0.15, -0.1) is 0 Å². The molecule has 0 radical (unpaired) electrons. The molecule has 0 amide bonds. The number of para-hydroxylation sites is 3. The van der Waals surface area contributed by atoms with Crippen molar-refractivity contribution in [2.45, 2.75) is 0 Å². The number of furan rings is 1. The molecule has 0 unspecified atom stereocenters. The molecule has 0 N–H and O–H groups in total. The quantitative estimate of drug-likeness (QED) is 0.168. The molecule has 11 rings (SSSR count). The standard InChI is InChI=1S/C54H35NO/c1-4-13-36(14-5-1)38-23-25-39(26-24-38)42-31-43(33-44(32-42)46-20-12-21-48-47-19-10-11-22-53(47)56-54(46)48)41-28-30-52-50(35-41)49-34-40(37-15-6-2-7-16-37)27-29-51(49)55(52)45-17-8-3-9-18-45/h1-35H. The van der Waals surface area contributed by atoms with E-state index in [0.717, 1.165) is 55.4 Å². The van der Waals surface area contributed by atoms with Crippen LogP contribution in [-0.4, -0.2) is 4.57 Å². The first-order valence-corrected chi connectivity index (χ1v) is 19.2. The SMILES string of the molecule is c1ccc(-c2ccc(-c3cc(-c4ccc5c(c4)c4cc(-c6ccccc6)ccc4n5-c4ccccc4)cc(-c4cccc5c4oc4ccccc45)c3)cc2)cc1. The van der Waals surface area contributed by atoms with E-state index in [-0.39, 0.29) is 0 Å². The third-order valence-corrected chi connectivity index (χ3v) is 11.2. The molecule has 56 heavy (non-hydrogen) atoms. The Balaban J connectivity index is 1.13. The number of hydrogen-bond acceptors (Lipinski definition) is 1. The summed E-state index contributed by atoms with van der Waals surface area (Å²) in [4.78, 5) is 0. The molecule has 2 aromatic heterocycles. The topological polar surface area (TPSA) is 18.1 Å². The molecule has 2 heteroatoms. The highest BCUT2D eigenvalue weighted by molar-refractivity contribution is 6.12. The fourth-order valence-corrected chi connectivity index (χ4v) is 8.44. The molecule has 262 valence electrons. The molecule has 0 aliphatic carbocycles. The molecule has 0 aliphatic rings. The van der Waals surface area contributed by atoms with E-state index >= 15 is 0 Å². The molecule has 9 aromatic carbocycles. The summed E-state index contributed by atoms with van der Waals surface area (Å²) < 4.78 is 8.98. The lowest BCUT2D eigenvalue weighted by Gasteiger charge is -2.13. The number of benzene rings is 9. The minimum atomic E-state index is 0.901. The maximum Gasteiger partial charge on any atom is 0.143 e. The molecular formula is C54H35NO. The molecule has 0 saturated carbocycles. The predicted octanol–water partition coefficient (Wildman–Crippen LogP) is 15.0. The van der Waals surface area contributed by atoms with E-state index in [4.69, 9.17) is 4.42 Å². The Bertz CT molecular complexity index is 3210. The second-order valence-corrected chi connectivity index (χ2v) is 14.5. The molecule has 0 saturated heterocycles. The van der Waals surface area contributed by atoms with Gasteiger partial charge in [-0.25, -0.2) is 0 Å². The largest absolute Gasteiger partial charge is 0.455 e. The molecule has 2 heterocycles. The van der Waals surface area contributed by atoms with Crippen molar-refractivity contribution in [3.8, 4) is 61.3 Å². The first-order valence-electron chi connectivity index (χ1n) is 19.2. The van der Waals surface area contributed by atoms with Gasteiger partial charge in [0.15, 0.2) is 0 Å².